The lowest BCUT2D eigenvalue weighted by atomic mass is 9.69. The number of rotatable bonds is 11. The molecular formula is C43H85I. The number of halogens is 1. The third-order valence-electron chi connectivity index (χ3n) is 13.0. The van der Waals surface area contributed by atoms with Crippen LogP contribution in [0.5, 0.6) is 0 Å². The van der Waals surface area contributed by atoms with Gasteiger partial charge in [-0.1, -0.05) is 212 Å². The summed E-state index contributed by atoms with van der Waals surface area (Å²) in [6.07, 6.45) is 46.9. The first-order chi connectivity index (χ1) is 21.4. The molecule has 1 fully saturated rings. The van der Waals surface area contributed by atoms with E-state index in [2.05, 4.69) is 64.1 Å². The largest absolute Gasteiger partial charge is 0.0864 e. The van der Waals surface area contributed by atoms with Crippen LogP contribution in [0.2, 0.25) is 0 Å². The van der Waals surface area contributed by atoms with Crippen molar-refractivity contribution >= 4 is 22.6 Å². The van der Waals surface area contributed by atoms with E-state index in [1.807, 2.05) is 0 Å². The SMILES string of the molecule is CCCC[C@@H]1CCCCCCCCC(CC)(CC)CCCC(CC)(CCC)CCCCCCCCC(C)(CCCI)CCC1. The van der Waals surface area contributed by atoms with Crippen molar-refractivity contribution in [2.24, 2.45) is 22.2 Å². The quantitative estimate of drug-likeness (QED) is 0.147. The maximum absolute atomic E-state index is 2.66. The molecule has 0 N–H and O–H groups in total. The fraction of sp³-hybridized carbons (Fsp3) is 1.00. The van der Waals surface area contributed by atoms with E-state index in [1.54, 1.807) is 0 Å². The van der Waals surface area contributed by atoms with Crippen molar-refractivity contribution in [3.05, 3.63) is 0 Å². The fourth-order valence-electron chi connectivity index (χ4n) is 9.37. The average Bonchev–Trinajstić information content (AvgIpc) is 3.03. The van der Waals surface area contributed by atoms with Crippen LogP contribution in [0, 0.1) is 22.2 Å². The van der Waals surface area contributed by atoms with Crippen LogP contribution in [0.15, 0.2) is 0 Å². The van der Waals surface area contributed by atoms with Crippen LogP contribution in [0.4, 0.5) is 0 Å². The molecule has 0 bridgehead atoms. The van der Waals surface area contributed by atoms with Crippen LogP contribution >= 0.6 is 22.6 Å². The molecule has 0 aromatic heterocycles. The molecule has 0 saturated heterocycles. The summed E-state index contributed by atoms with van der Waals surface area (Å²) < 4.78 is 1.34. The lowest BCUT2D eigenvalue weighted by Gasteiger charge is -2.37. The summed E-state index contributed by atoms with van der Waals surface area (Å²) >= 11 is 2.61. The smallest absolute Gasteiger partial charge is 0.000453 e. The van der Waals surface area contributed by atoms with Crippen LogP contribution in [0.25, 0.3) is 0 Å². The predicted octanol–water partition coefficient (Wildman–Crippen LogP) is 16.6. The first-order valence-corrected chi connectivity index (χ1v) is 22.4. The molecule has 1 rings (SSSR count). The number of alkyl halides is 1. The third kappa shape index (κ3) is 18.9. The Morgan fingerprint density at radius 2 is 0.955 bits per heavy atom. The molecule has 0 amide bonds. The molecule has 0 spiro atoms. The minimum atomic E-state index is 0.597. The van der Waals surface area contributed by atoms with E-state index in [9.17, 15) is 0 Å². The Hall–Kier alpha value is 0.730. The molecule has 1 saturated carbocycles. The average molecular weight is 729 g/mol. The van der Waals surface area contributed by atoms with E-state index in [4.69, 9.17) is 0 Å². The topological polar surface area (TPSA) is 0 Å². The Labute approximate surface area is 294 Å². The van der Waals surface area contributed by atoms with E-state index >= 15 is 0 Å². The lowest BCUT2D eigenvalue weighted by molar-refractivity contribution is 0.155. The van der Waals surface area contributed by atoms with Gasteiger partial charge in [0, 0.05) is 0 Å². The van der Waals surface area contributed by atoms with Crippen molar-refractivity contribution in [3.8, 4) is 0 Å². The zero-order valence-corrected chi connectivity index (χ0v) is 33.9. The van der Waals surface area contributed by atoms with Crippen LogP contribution in [0.3, 0.4) is 0 Å². The minimum Gasteiger partial charge on any atom is -0.0864 e. The Kier molecular flexibility index (Phi) is 25.9. The molecule has 3 atom stereocenters. The van der Waals surface area contributed by atoms with E-state index in [-0.39, 0.29) is 0 Å². The molecule has 0 heterocycles. The summed E-state index contributed by atoms with van der Waals surface area (Å²) in [5, 5.41) is 0. The van der Waals surface area contributed by atoms with Crippen molar-refractivity contribution in [1.29, 1.82) is 0 Å². The predicted molar refractivity (Wildman–Crippen MR) is 211 cm³/mol. The molecule has 0 aromatic carbocycles. The highest BCUT2D eigenvalue weighted by atomic mass is 127. The Bertz CT molecular complexity index is 622. The lowest BCUT2D eigenvalue weighted by Crippen LogP contribution is -2.23. The van der Waals surface area contributed by atoms with Gasteiger partial charge in [0.2, 0.25) is 0 Å². The number of unbranched alkanes of at least 4 members (excludes halogenated alkanes) is 1. The van der Waals surface area contributed by atoms with Gasteiger partial charge < -0.3 is 0 Å². The second-order valence-electron chi connectivity index (χ2n) is 16.4. The molecule has 0 aliphatic heterocycles. The van der Waals surface area contributed by atoms with Gasteiger partial charge in [0.1, 0.15) is 0 Å². The van der Waals surface area contributed by atoms with Gasteiger partial charge in [0.15, 0.2) is 0 Å². The maximum atomic E-state index is 2.66. The molecule has 264 valence electrons. The second kappa shape index (κ2) is 26.7. The van der Waals surface area contributed by atoms with E-state index < -0.39 is 0 Å². The normalized spacial score (nSPS) is 28.8. The van der Waals surface area contributed by atoms with Crippen molar-refractivity contribution in [1.82, 2.24) is 0 Å². The van der Waals surface area contributed by atoms with Gasteiger partial charge in [-0.2, -0.15) is 0 Å². The van der Waals surface area contributed by atoms with E-state index in [0.717, 1.165) is 5.92 Å². The Morgan fingerprint density at radius 3 is 1.52 bits per heavy atom. The molecule has 0 aromatic rings. The maximum Gasteiger partial charge on any atom is -0.000453 e. The Morgan fingerprint density at radius 1 is 0.477 bits per heavy atom. The highest BCUT2D eigenvalue weighted by molar-refractivity contribution is 14.1. The monoisotopic (exact) mass is 729 g/mol. The summed E-state index contributed by atoms with van der Waals surface area (Å²) in [4.78, 5) is 0. The standard InChI is InChI=1S/C43H85I/c1-7-12-28-40-29-21-17-13-14-19-23-35-42(9-3,10-4)37-26-38-43(11-5,31-8-2)36-24-20-16-15-18-22-32-41(6,33-25-30-40)34-27-39-44/h40H,7-39H2,1-6H3/t40-,41?,43?/m1/s1. The summed E-state index contributed by atoms with van der Waals surface area (Å²) in [6, 6.07) is 0. The fourth-order valence-corrected chi connectivity index (χ4v) is 9.75. The van der Waals surface area contributed by atoms with Gasteiger partial charge in [-0.15, -0.1) is 0 Å². The highest BCUT2D eigenvalue weighted by Crippen LogP contribution is 2.44. The second-order valence-corrected chi connectivity index (χ2v) is 17.5. The zero-order chi connectivity index (χ0) is 32.4. The first-order valence-electron chi connectivity index (χ1n) is 20.9. The first kappa shape index (κ1) is 42.8. The molecule has 1 heteroatoms. The van der Waals surface area contributed by atoms with Crippen LogP contribution in [0.1, 0.15) is 247 Å². The summed E-state index contributed by atoms with van der Waals surface area (Å²) in [7, 11) is 0. The van der Waals surface area contributed by atoms with Gasteiger partial charge in [-0.3, -0.25) is 0 Å². The summed E-state index contributed by atoms with van der Waals surface area (Å²) in [6.45, 7) is 15.0. The molecule has 44 heavy (non-hydrogen) atoms. The van der Waals surface area contributed by atoms with Crippen molar-refractivity contribution < 1.29 is 0 Å². The zero-order valence-electron chi connectivity index (χ0n) is 31.8. The highest BCUT2D eigenvalue weighted by Gasteiger charge is 2.30. The Balaban J connectivity index is 2.83. The van der Waals surface area contributed by atoms with Gasteiger partial charge in [-0.25, -0.2) is 0 Å². The van der Waals surface area contributed by atoms with E-state index in [1.165, 1.54) is 210 Å². The van der Waals surface area contributed by atoms with Gasteiger partial charge in [0.05, 0.1) is 0 Å². The van der Waals surface area contributed by atoms with Gasteiger partial charge >= 0.3 is 0 Å². The molecule has 0 radical (unpaired) electrons. The summed E-state index contributed by atoms with van der Waals surface area (Å²) in [5.74, 6) is 1.00. The molecule has 1 aliphatic carbocycles. The minimum absolute atomic E-state index is 0.597. The number of hydrogen-bond donors (Lipinski definition) is 0. The van der Waals surface area contributed by atoms with Crippen LogP contribution < -0.4 is 0 Å². The molecular weight excluding hydrogens is 643 g/mol. The molecule has 1 aliphatic rings. The van der Waals surface area contributed by atoms with Crippen LogP contribution in [-0.2, 0) is 0 Å². The van der Waals surface area contributed by atoms with Gasteiger partial charge in [0.25, 0.3) is 0 Å². The summed E-state index contributed by atoms with van der Waals surface area (Å²) in [5.41, 5.74) is 1.85. The molecule has 2 unspecified atom stereocenters. The third-order valence-corrected chi connectivity index (χ3v) is 13.8. The van der Waals surface area contributed by atoms with Gasteiger partial charge in [-0.05, 0) is 84.4 Å². The van der Waals surface area contributed by atoms with Crippen molar-refractivity contribution in [2.75, 3.05) is 4.43 Å². The molecule has 0 nitrogen and oxygen atoms in total. The number of hydrogen-bond acceptors (Lipinski definition) is 0. The van der Waals surface area contributed by atoms with E-state index in [0.29, 0.717) is 16.2 Å². The van der Waals surface area contributed by atoms with Crippen molar-refractivity contribution in [2.45, 2.75) is 247 Å². The van der Waals surface area contributed by atoms with Crippen molar-refractivity contribution in [3.63, 3.8) is 0 Å². The van der Waals surface area contributed by atoms with Crippen LogP contribution in [-0.4, -0.2) is 4.43 Å².